The minimum atomic E-state index is -3.59. The normalized spacial score (nSPS) is 24.1. The third kappa shape index (κ3) is 3.08. The van der Waals surface area contributed by atoms with Crippen LogP contribution < -0.4 is 5.32 Å². The quantitative estimate of drug-likeness (QED) is 0.851. The fourth-order valence-corrected chi connectivity index (χ4v) is 5.33. The maximum Gasteiger partial charge on any atom is 0.243 e. The van der Waals surface area contributed by atoms with Gasteiger partial charge in [-0.25, -0.2) is 8.42 Å². The molecule has 1 aliphatic carbocycles. The Morgan fingerprint density at radius 2 is 2.04 bits per heavy atom. The average molecular weight is 352 g/mol. The fraction of sp³-hybridized carbons (Fsp3) is 0.588. The third-order valence-corrected chi connectivity index (χ3v) is 6.91. The van der Waals surface area contributed by atoms with Crippen LogP contribution in [0.5, 0.6) is 0 Å². The number of hydrogen-bond donors (Lipinski definition) is 1. The van der Waals surface area contributed by atoms with Gasteiger partial charge in [-0.05, 0) is 42.5 Å². The molecule has 6 nitrogen and oxygen atoms in total. The standard InChI is InChI=1S/C17H24N2O4S/c1-18-17(20)16-10-19(9-14(16)11-23-2)24(21,22)15-7-6-12-4-3-5-13(12)8-15/h6-8,14,16H,3-5,9-11H2,1-2H3,(H,18,20)/t14-,16+/m0/s1. The van der Waals surface area contributed by atoms with Crippen molar-refractivity contribution in [2.45, 2.75) is 24.2 Å². The molecule has 1 saturated heterocycles. The van der Waals surface area contributed by atoms with E-state index < -0.39 is 10.0 Å². The highest BCUT2D eigenvalue weighted by atomic mass is 32.2. The lowest BCUT2D eigenvalue weighted by atomic mass is 9.96. The second-order valence-corrected chi connectivity index (χ2v) is 8.48. The zero-order valence-electron chi connectivity index (χ0n) is 14.1. The van der Waals surface area contributed by atoms with Gasteiger partial charge in [-0.1, -0.05) is 6.07 Å². The first kappa shape index (κ1) is 17.4. The summed E-state index contributed by atoms with van der Waals surface area (Å²) in [6, 6.07) is 5.42. The second-order valence-electron chi connectivity index (χ2n) is 6.54. The number of hydrogen-bond acceptors (Lipinski definition) is 4. The predicted molar refractivity (Wildman–Crippen MR) is 90.1 cm³/mol. The molecule has 0 saturated carbocycles. The summed E-state index contributed by atoms with van der Waals surface area (Å²) in [5.41, 5.74) is 2.38. The van der Waals surface area contributed by atoms with Crippen molar-refractivity contribution >= 4 is 15.9 Å². The molecule has 0 bridgehead atoms. The maximum atomic E-state index is 13.0. The lowest BCUT2D eigenvalue weighted by molar-refractivity contribution is -0.125. The molecule has 0 spiro atoms. The molecule has 1 aromatic rings. The van der Waals surface area contributed by atoms with Crippen LogP contribution >= 0.6 is 0 Å². The molecule has 1 aromatic carbocycles. The highest BCUT2D eigenvalue weighted by Crippen LogP contribution is 2.31. The van der Waals surface area contributed by atoms with E-state index >= 15 is 0 Å². The van der Waals surface area contributed by atoms with Crippen molar-refractivity contribution in [2.24, 2.45) is 11.8 Å². The van der Waals surface area contributed by atoms with Crippen LogP contribution in [0, 0.1) is 11.8 Å². The smallest absolute Gasteiger partial charge is 0.243 e. The Labute approximate surface area is 143 Å². The van der Waals surface area contributed by atoms with Gasteiger partial charge in [0.2, 0.25) is 15.9 Å². The van der Waals surface area contributed by atoms with Gasteiger partial charge in [0, 0.05) is 33.2 Å². The SMILES string of the molecule is CNC(=O)[C@@H]1CN(S(=O)(=O)c2ccc3c(c2)CCC3)C[C@H]1COC. The molecule has 1 heterocycles. The van der Waals surface area contributed by atoms with E-state index in [1.165, 1.54) is 9.87 Å². The Kier molecular flexibility index (Phi) is 4.94. The number of carbonyl (C=O) groups excluding carboxylic acids is 1. The Bertz CT molecular complexity index is 732. The minimum absolute atomic E-state index is 0.126. The summed E-state index contributed by atoms with van der Waals surface area (Å²) in [6.07, 6.45) is 3.04. The van der Waals surface area contributed by atoms with Gasteiger partial charge in [0.15, 0.2) is 0 Å². The first-order valence-electron chi connectivity index (χ1n) is 8.30. The van der Waals surface area contributed by atoms with E-state index in [0.717, 1.165) is 24.8 Å². The van der Waals surface area contributed by atoms with Crippen molar-refractivity contribution in [3.63, 3.8) is 0 Å². The Hall–Kier alpha value is -1.44. The van der Waals surface area contributed by atoms with E-state index in [4.69, 9.17) is 4.74 Å². The lowest BCUT2D eigenvalue weighted by Gasteiger charge is -2.17. The van der Waals surface area contributed by atoms with Gasteiger partial charge in [0.25, 0.3) is 0 Å². The topological polar surface area (TPSA) is 75.7 Å². The number of nitrogens with one attached hydrogen (secondary N) is 1. The van der Waals surface area contributed by atoms with Crippen LogP contribution in [0.15, 0.2) is 23.1 Å². The van der Waals surface area contributed by atoms with E-state index in [2.05, 4.69) is 5.32 Å². The molecule has 1 fully saturated rings. The summed E-state index contributed by atoms with van der Waals surface area (Å²) in [5, 5.41) is 2.63. The van der Waals surface area contributed by atoms with Gasteiger partial charge in [-0.15, -0.1) is 0 Å². The van der Waals surface area contributed by atoms with Crippen molar-refractivity contribution in [2.75, 3.05) is 33.9 Å². The van der Waals surface area contributed by atoms with Crippen molar-refractivity contribution in [1.82, 2.24) is 9.62 Å². The number of fused-ring (bicyclic) bond motifs is 1. The average Bonchev–Trinajstić information content (AvgIpc) is 3.20. The third-order valence-electron chi connectivity index (χ3n) is 5.08. The molecule has 24 heavy (non-hydrogen) atoms. The molecule has 7 heteroatoms. The number of sulfonamides is 1. The number of rotatable bonds is 5. The molecule has 0 aromatic heterocycles. The van der Waals surface area contributed by atoms with Gasteiger partial charge < -0.3 is 10.1 Å². The van der Waals surface area contributed by atoms with E-state index in [1.807, 2.05) is 6.07 Å². The number of nitrogens with zero attached hydrogens (tertiary/aromatic N) is 1. The summed E-state index contributed by atoms with van der Waals surface area (Å²) in [7, 11) is -0.447. The lowest BCUT2D eigenvalue weighted by Crippen LogP contribution is -2.34. The minimum Gasteiger partial charge on any atom is -0.384 e. The van der Waals surface area contributed by atoms with Crippen molar-refractivity contribution in [1.29, 1.82) is 0 Å². The number of methoxy groups -OCH3 is 1. The predicted octanol–water partition coefficient (Wildman–Crippen LogP) is 0.804. The summed E-state index contributed by atoms with van der Waals surface area (Å²) in [4.78, 5) is 12.4. The summed E-state index contributed by atoms with van der Waals surface area (Å²) in [6.45, 7) is 0.882. The summed E-state index contributed by atoms with van der Waals surface area (Å²) in [5.74, 6) is -0.637. The van der Waals surface area contributed by atoms with Crippen molar-refractivity contribution in [3.8, 4) is 0 Å². The van der Waals surface area contributed by atoms with Gasteiger partial charge in [-0.2, -0.15) is 4.31 Å². The highest BCUT2D eigenvalue weighted by Gasteiger charge is 2.42. The summed E-state index contributed by atoms with van der Waals surface area (Å²) < 4.78 is 32.6. The molecule has 1 aliphatic heterocycles. The van der Waals surface area contributed by atoms with E-state index in [-0.39, 0.29) is 24.3 Å². The number of aryl methyl sites for hydroxylation is 2. The van der Waals surface area contributed by atoms with Crippen molar-refractivity contribution in [3.05, 3.63) is 29.3 Å². The number of amides is 1. The first-order chi connectivity index (χ1) is 11.5. The number of ether oxygens (including phenoxy) is 1. The van der Waals surface area contributed by atoms with Crippen LogP contribution in [0.4, 0.5) is 0 Å². The zero-order valence-corrected chi connectivity index (χ0v) is 14.9. The molecular formula is C17H24N2O4S. The largest absolute Gasteiger partial charge is 0.384 e. The molecule has 0 unspecified atom stereocenters. The molecule has 1 amide bonds. The van der Waals surface area contributed by atoms with Gasteiger partial charge in [0.05, 0.1) is 17.4 Å². The van der Waals surface area contributed by atoms with Gasteiger partial charge in [-0.3, -0.25) is 4.79 Å². The summed E-state index contributed by atoms with van der Waals surface area (Å²) >= 11 is 0. The van der Waals surface area contributed by atoms with E-state index in [1.54, 1.807) is 26.3 Å². The Morgan fingerprint density at radius 3 is 2.75 bits per heavy atom. The van der Waals surface area contributed by atoms with Gasteiger partial charge >= 0.3 is 0 Å². The first-order valence-corrected chi connectivity index (χ1v) is 9.74. The Morgan fingerprint density at radius 1 is 1.29 bits per heavy atom. The Balaban J connectivity index is 1.86. The van der Waals surface area contributed by atoms with Gasteiger partial charge in [0.1, 0.15) is 0 Å². The molecule has 132 valence electrons. The zero-order chi connectivity index (χ0) is 17.3. The fourth-order valence-electron chi connectivity index (χ4n) is 3.75. The van der Waals surface area contributed by atoms with Crippen LogP contribution in [0.2, 0.25) is 0 Å². The molecule has 1 N–H and O–H groups in total. The van der Waals surface area contributed by atoms with Crippen LogP contribution in [0.3, 0.4) is 0 Å². The van der Waals surface area contributed by atoms with Crippen LogP contribution in [-0.4, -0.2) is 52.5 Å². The van der Waals surface area contributed by atoms with Crippen molar-refractivity contribution < 1.29 is 17.9 Å². The molecular weight excluding hydrogens is 328 g/mol. The van der Waals surface area contributed by atoms with Crippen LogP contribution in [-0.2, 0) is 32.4 Å². The molecule has 0 radical (unpaired) electrons. The van der Waals surface area contributed by atoms with Crippen LogP contribution in [0.1, 0.15) is 17.5 Å². The maximum absolute atomic E-state index is 13.0. The van der Waals surface area contributed by atoms with Crippen LogP contribution in [0.25, 0.3) is 0 Å². The second kappa shape index (κ2) is 6.82. The van der Waals surface area contributed by atoms with E-state index in [9.17, 15) is 13.2 Å². The molecule has 2 atom stereocenters. The number of carbonyl (C=O) groups is 1. The highest BCUT2D eigenvalue weighted by molar-refractivity contribution is 7.89. The molecule has 2 aliphatic rings. The molecule has 3 rings (SSSR count). The monoisotopic (exact) mass is 352 g/mol. The van der Waals surface area contributed by atoms with E-state index in [0.29, 0.717) is 18.0 Å². The number of benzene rings is 1.